The highest BCUT2D eigenvalue weighted by Gasteiger charge is 2.18. The van der Waals surface area contributed by atoms with Crippen molar-refractivity contribution in [1.29, 1.82) is 0 Å². The smallest absolute Gasteiger partial charge is 0.171 e. The highest BCUT2D eigenvalue weighted by molar-refractivity contribution is 6.32. The van der Waals surface area contributed by atoms with Crippen LogP contribution < -0.4 is 10.5 Å². The van der Waals surface area contributed by atoms with E-state index in [1.54, 1.807) is 13.2 Å². The van der Waals surface area contributed by atoms with Gasteiger partial charge in [0.1, 0.15) is 5.75 Å². The summed E-state index contributed by atoms with van der Waals surface area (Å²) >= 11 is 6.26. The maximum atomic E-state index is 6.26. The average molecular weight is 267 g/mol. The van der Waals surface area contributed by atoms with Gasteiger partial charge in [-0.3, -0.25) is 0 Å². The van der Waals surface area contributed by atoms with E-state index < -0.39 is 0 Å². The zero-order valence-electron chi connectivity index (χ0n) is 10.6. The van der Waals surface area contributed by atoms with Gasteiger partial charge in [-0.1, -0.05) is 16.8 Å². The molecule has 96 valence electrons. The van der Waals surface area contributed by atoms with E-state index in [4.69, 9.17) is 26.6 Å². The average Bonchev–Trinajstić information content (AvgIpc) is 2.83. The van der Waals surface area contributed by atoms with Crippen LogP contribution in [0.5, 0.6) is 5.75 Å². The Morgan fingerprint density at radius 1 is 1.39 bits per heavy atom. The quantitative estimate of drug-likeness (QED) is 0.927. The summed E-state index contributed by atoms with van der Waals surface area (Å²) in [5, 5.41) is 4.59. The minimum atomic E-state index is 0.338. The van der Waals surface area contributed by atoms with Gasteiger partial charge in [-0.15, -0.1) is 0 Å². The van der Waals surface area contributed by atoms with Gasteiger partial charge >= 0.3 is 0 Å². The van der Waals surface area contributed by atoms with Crippen LogP contribution in [0.1, 0.15) is 16.8 Å². The molecule has 0 spiro atoms. The van der Waals surface area contributed by atoms with Gasteiger partial charge in [-0.25, -0.2) is 0 Å². The van der Waals surface area contributed by atoms with Gasteiger partial charge in [0.05, 0.1) is 18.4 Å². The fourth-order valence-corrected chi connectivity index (χ4v) is 2.06. The SMILES string of the molecule is COc1cc(C)c(Cl)c(C)c1-c1cc(CN)no1. The van der Waals surface area contributed by atoms with Crippen LogP contribution in [-0.2, 0) is 6.54 Å². The van der Waals surface area contributed by atoms with E-state index in [-0.39, 0.29) is 0 Å². The number of ether oxygens (including phenoxy) is 1. The Bertz CT molecular complexity index is 579. The molecule has 5 heteroatoms. The molecule has 0 unspecified atom stereocenters. The summed E-state index contributed by atoms with van der Waals surface area (Å²) in [7, 11) is 1.62. The molecule has 0 aliphatic heterocycles. The Labute approximate surface area is 111 Å². The van der Waals surface area contributed by atoms with Crippen LogP contribution in [0.4, 0.5) is 0 Å². The zero-order valence-corrected chi connectivity index (χ0v) is 11.3. The first-order chi connectivity index (χ1) is 8.58. The Balaban J connectivity index is 2.65. The van der Waals surface area contributed by atoms with E-state index in [2.05, 4.69) is 5.16 Å². The van der Waals surface area contributed by atoms with E-state index in [1.807, 2.05) is 19.9 Å². The summed E-state index contributed by atoms with van der Waals surface area (Å²) < 4.78 is 10.7. The first-order valence-electron chi connectivity index (χ1n) is 5.58. The van der Waals surface area contributed by atoms with E-state index in [0.29, 0.717) is 28.8 Å². The Morgan fingerprint density at radius 3 is 2.67 bits per heavy atom. The predicted octanol–water partition coefficient (Wildman–Crippen LogP) is 3.08. The largest absolute Gasteiger partial charge is 0.496 e. The molecule has 0 radical (unpaired) electrons. The maximum absolute atomic E-state index is 6.26. The molecular weight excluding hydrogens is 252 g/mol. The van der Waals surface area contributed by atoms with Crippen LogP contribution in [-0.4, -0.2) is 12.3 Å². The number of methoxy groups -OCH3 is 1. The fourth-order valence-electron chi connectivity index (χ4n) is 1.92. The molecule has 2 N–H and O–H groups in total. The molecule has 2 aromatic rings. The molecule has 1 aromatic carbocycles. The van der Waals surface area contributed by atoms with Crippen LogP contribution >= 0.6 is 11.6 Å². The first-order valence-corrected chi connectivity index (χ1v) is 5.96. The summed E-state index contributed by atoms with van der Waals surface area (Å²) in [5.74, 6) is 1.33. The molecule has 0 saturated carbocycles. The Kier molecular flexibility index (Phi) is 3.59. The first kappa shape index (κ1) is 12.9. The molecule has 1 heterocycles. The van der Waals surface area contributed by atoms with Crippen LogP contribution in [0.25, 0.3) is 11.3 Å². The minimum Gasteiger partial charge on any atom is -0.496 e. The van der Waals surface area contributed by atoms with Crippen molar-refractivity contribution in [3.8, 4) is 17.1 Å². The van der Waals surface area contributed by atoms with Crippen molar-refractivity contribution in [2.75, 3.05) is 7.11 Å². The van der Waals surface area contributed by atoms with Crippen LogP contribution in [0.2, 0.25) is 5.02 Å². The van der Waals surface area contributed by atoms with Crippen LogP contribution in [0, 0.1) is 13.8 Å². The van der Waals surface area contributed by atoms with Crippen molar-refractivity contribution >= 4 is 11.6 Å². The van der Waals surface area contributed by atoms with E-state index >= 15 is 0 Å². The Morgan fingerprint density at radius 2 is 2.11 bits per heavy atom. The number of nitrogens with zero attached hydrogens (tertiary/aromatic N) is 1. The van der Waals surface area contributed by atoms with Gasteiger partial charge in [0, 0.05) is 17.6 Å². The fraction of sp³-hybridized carbons (Fsp3) is 0.308. The third kappa shape index (κ3) is 2.09. The molecule has 2 rings (SSSR count). The lowest BCUT2D eigenvalue weighted by Crippen LogP contribution is -1.95. The number of nitrogens with two attached hydrogens (primary N) is 1. The molecule has 0 bridgehead atoms. The van der Waals surface area contributed by atoms with Gasteiger partial charge in [-0.2, -0.15) is 0 Å². The van der Waals surface area contributed by atoms with Gasteiger partial charge < -0.3 is 15.0 Å². The van der Waals surface area contributed by atoms with E-state index in [9.17, 15) is 0 Å². The lowest BCUT2D eigenvalue weighted by Gasteiger charge is -2.12. The zero-order chi connectivity index (χ0) is 13.3. The predicted molar refractivity (Wildman–Crippen MR) is 70.9 cm³/mol. The minimum absolute atomic E-state index is 0.338. The van der Waals surface area contributed by atoms with Crippen molar-refractivity contribution in [3.05, 3.63) is 34.0 Å². The summed E-state index contributed by atoms with van der Waals surface area (Å²) in [6.07, 6.45) is 0. The Hall–Kier alpha value is -1.52. The number of benzene rings is 1. The van der Waals surface area contributed by atoms with Crippen molar-refractivity contribution in [1.82, 2.24) is 5.16 Å². The third-order valence-electron chi connectivity index (χ3n) is 2.88. The third-order valence-corrected chi connectivity index (χ3v) is 3.46. The lowest BCUT2D eigenvalue weighted by molar-refractivity contribution is 0.403. The molecule has 0 saturated heterocycles. The van der Waals surface area contributed by atoms with Crippen molar-refractivity contribution < 1.29 is 9.26 Å². The molecule has 0 fully saturated rings. The molecule has 18 heavy (non-hydrogen) atoms. The second-order valence-corrected chi connectivity index (χ2v) is 4.47. The topological polar surface area (TPSA) is 61.3 Å². The second kappa shape index (κ2) is 5.00. The molecule has 0 aliphatic rings. The van der Waals surface area contributed by atoms with Crippen LogP contribution in [0.15, 0.2) is 16.7 Å². The highest BCUT2D eigenvalue weighted by Crippen LogP contribution is 2.39. The molecule has 4 nitrogen and oxygen atoms in total. The van der Waals surface area contributed by atoms with Gasteiger partial charge in [0.15, 0.2) is 5.76 Å². The maximum Gasteiger partial charge on any atom is 0.171 e. The number of halogens is 1. The monoisotopic (exact) mass is 266 g/mol. The summed E-state index contributed by atoms with van der Waals surface area (Å²) in [6.45, 7) is 4.20. The van der Waals surface area contributed by atoms with Gasteiger partial charge in [0.2, 0.25) is 0 Å². The standard InChI is InChI=1S/C13H15ClN2O2/c1-7-4-10(17-3)12(8(2)13(7)14)11-5-9(6-15)16-18-11/h4-5H,6,15H2,1-3H3. The van der Waals surface area contributed by atoms with Crippen molar-refractivity contribution in [2.24, 2.45) is 5.73 Å². The number of aryl methyl sites for hydroxylation is 1. The summed E-state index contributed by atoms with van der Waals surface area (Å²) in [4.78, 5) is 0. The highest BCUT2D eigenvalue weighted by atomic mass is 35.5. The summed E-state index contributed by atoms with van der Waals surface area (Å²) in [6, 6.07) is 3.69. The van der Waals surface area contributed by atoms with Gasteiger partial charge in [-0.05, 0) is 31.0 Å². The van der Waals surface area contributed by atoms with Crippen molar-refractivity contribution in [3.63, 3.8) is 0 Å². The lowest BCUT2D eigenvalue weighted by atomic mass is 10.0. The molecular formula is C13H15ClN2O2. The molecule has 0 aliphatic carbocycles. The van der Waals surface area contributed by atoms with E-state index in [0.717, 1.165) is 16.7 Å². The van der Waals surface area contributed by atoms with Crippen molar-refractivity contribution in [2.45, 2.75) is 20.4 Å². The molecule has 0 amide bonds. The second-order valence-electron chi connectivity index (χ2n) is 4.10. The number of hydrogen-bond donors (Lipinski definition) is 1. The van der Waals surface area contributed by atoms with E-state index in [1.165, 1.54) is 0 Å². The number of hydrogen-bond acceptors (Lipinski definition) is 4. The number of rotatable bonds is 3. The molecule has 1 aromatic heterocycles. The van der Waals surface area contributed by atoms with Crippen LogP contribution in [0.3, 0.4) is 0 Å². The summed E-state index contributed by atoms with van der Waals surface area (Å²) in [5.41, 5.74) is 8.92. The van der Waals surface area contributed by atoms with Gasteiger partial charge in [0.25, 0.3) is 0 Å². The molecule has 0 atom stereocenters. The number of aromatic nitrogens is 1. The normalized spacial score (nSPS) is 10.7.